The third-order valence-electron chi connectivity index (χ3n) is 3.99. The Morgan fingerprint density at radius 3 is 1.80 bits per heavy atom. The molecule has 13 heteroatoms. The van der Waals surface area contributed by atoms with Crippen LogP contribution in [0, 0.1) is 5.92 Å². The van der Waals surface area contributed by atoms with Crippen LogP contribution in [0.1, 0.15) is 40.0 Å². The van der Waals surface area contributed by atoms with Crippen molar-refractivity contribution in [3.05, 3.63) is 0 Å². The van der Waals surface area contributed by atoms with Crippen LogP contribution >= 0.6 is 0 Å². The van der Waals surface area contributed by atoms with E-state index in [0.717, 1.165) is 0 Å². The molecule has 0 aromatic carbocycles. The van der Waals surface area contributed by atoms with Gasteiger partial charge in [-0.05, 0) is 19.3 Å². The summed E-state index contributed by atoms with van der Waals surface area (Å²) < 4.78 is 0. The number of hydrogen-bond acceptors (Lipinski definition) is 7. The van der Waals surface area contributed by atoms with Crippen molar-refractivity contribution in [2.24, 2.45) is 11.7 Å². The predicted octanol–water partition coefficient (Wildman–Crippen LogP) is -2.13. The molecule has 0 aromatic heterocycles. The van der Waals surface area contributed by atoms with Gasteiger partial charge < -0.3 is 37.0 Å². The molecule has 0 aliphatic heterocycles. The van der Waals surface area contributed by atoms with Crippen LogP contribution in [-0.4, -0.2) is 75.1 Å². The van der Waals surface area contributed by atoms with Crippen LogP contribution in [0.2, 0.25) is 0 Å². The zero-order valence-electron chi connectivity index (χ0n) is 16.9. The van der Waals surface area contributed by atoms with Crippen LogP contribution in [0.4, 0.5) is 0 Å². The second-order valence-corrected chi connectivity index (χ2v) is 7.00. The monoisotopic (exact) mass is 432 g/mol. The van der Waals surface area contributed by atoms with E-state index in [0.29, 0.717) is 0 Å². The van der Waals surface area contributed by atoms with Crippen molar-refractivity contribution < 1.29 is 44.1 Å². The van der Waals surface area contributed by atoms with Gasteiger partial charge in [-0.3, -0.25) is 24.0 Å². The third-order valence-corrected chi connectivity index (χ3v) is 3.99. The summed E-state index contributed by atoms with van der Waals surface area (Å²) in [6.07, 6.45) is -1.46. The second kappa shape index (κ2) is 12.4. The Morgan fingerprint density at radius 1 is 0.800 bits per heavy atom. The van der Waals surface area contributed by atoms with Gasteiger partial charge in [0.2, 0.25) is 17.7 Å². The lowest BCUT2D eigenvalue weighted by Gasteiger charge is -2.25. The quantitative estimate of drug-likeness (QED) is 0.167. The molecule has 0 unspecified atom stereocenters. The largest absolute Gasteiger partial charge is 0.481 e. The Kier molecular flexibility index (Phi) is 11.0. The smallest absolute Gasteiger partial charge is 0.326 e. The molecule has 0 aliphatic carbocycles. The number of aliphatic carboxylic acids is 3. The number of nitrogens with two attached hydrogens (primary N) is 1. The molecule has 13 nitrogen and oxygen atoms in total. The molecule has 0 bridgehead atoms. The molecule has 0 rings (SSSR count). The highest BCUT2D eigenvalue weighted by Crippen LogP contribution is 2.06. The highest BCUT2D eigenvalue weighted by Gasteiger charge is 2.30. The molecule has 8 N–H and O–H groups in total. The molecular formula is C17H28N4O9. The summed E-state index contributed by atoms with van der Waals surface area (Å²) >= 11 is 0. The lowest BCUT2D eigenvalue weighted by Crippen LogP contribution is -2.57. The molecule has 0 saturated carbocycles. The van der Waals surface area contributed by atoms with Crippen LogP contribution in [0.15, 0.2) is 0 Å². The summed E-state index contributed by atoms with van der Waals surface area (Å²) in [5.41, 5.74) is 5.41. The van der Waals surface area contributed by atoms with Crippen molar-refractivity contribution in [2.75, 3.05) is 0 Å². The van der Waals surface area contributed by atoms with Gasteiger partial charge in [-0.1, -0.05) is 13.8 Å². The summed E-state index contributed by atoms with van der Waals surface area (Å²) in [4.78, 5) is 69.0. The molecule has 0 radical (unpaired) electrons. The third kappa shape index (κ3) is 9.82. The summed E-state index contributed by atoms with van der Waals surface area (Å²) in [6, 6.07) is -5.16. The SMILES string of the molecule is CC(C)[C@H](NC(=O)[C@H](C)NC(=O)[C@@H](N)CC(=O)O)C(=O)N[C@@H](CCC(=O)O)C(=O)O. The van der Waals surface area contributed by atoms with Crippen molar-refractivity contribution in [1.82, 2.24) is 16.0 Å². The standard InChI is InChI=1S/C17H28N4O9/c1-7(2)13(16(28)20-10(17(29)30)4-5-11(22)23)21-14(26)8(3)19-15(27)9(18)6-12(24)25/h7-10,13H,4-6,18H2,1-3H3,(H,19,27)(H,20,28)(H,21,26)(H,22,23)(H,24,25)(H,29,30)/t8-,9-,10-,13-/m0/s1. The van der Waals surface area contributed by atoms with E-state index in [2.05, 4.69) is 16.0 Å². The van der Waals surface area contributed by atoms with Gasteiger partial charge in [-0.25, -0.2) is 4.79 Å². The molecular weight excluding hydrogens is 404 g/mol. The minimum Gasteiger partial charge on any atom is -0.481 e. The lowest BCUT2D eigenvalue weighted by atomic mass is 10.0. The van der Waals surface area contributed by atoms with E-state index >= 15 is 0 Å². The maximum Gasteiger partial charge on any atom is 0.326 e. The van der Waals surface area contributed by atoms with Gasteiger partial charge in [0.05, 0.1) is 12.5 Å². The normalized spacial score (nSPS) is 14.7. The van der Waals surface area contributed by atoms with Crippen LogP contribution in [0.25, 0.3) is 0 Å². The zero-order valence-corrected chi connectivity index (χ0v) is 16.9. The molecule has 0 fully saturated rings. The lowest BCUT2D eigenvalue weighted by molar-refractivity contribution is -0.143. The van der Waals surface area contributed by atoms with Gasteiger partial charge in [0.15, 0.2) is 0 Å². The zero-order chi connectivity index (χ0) is 23.6. The summed E-state index contributed by atoms with van der Waals surface area (Å²) in [5, 5.41) is 33.3. The Hall–Kier alpha value is -3.22. The molecule has 3 amide bonds. The fourth-order valence-electron chi connectivity index (χ4n) is 2.27. The topological polar surface area (TPSA) is 225 Å². The van der Waals surface area contributed by atoms with Crippen LogP contribution < -0.4 is 21.7 Å². The molecule has 0 saturated heterocycles. The van der Waals surface area contributed by atoms with Gasteiger partial charge in [-0.15, -0.1) is 0 Å². The molecule has 0 aliphatic rings. The molecule has 30 heavy (non-hydrogen) atoms. The van der Waals surface area contributed by atoms with Crippen LogP contribution in [-0.2, 0) is 28.8 Å². The van der Waals surface area contributed by atoms with E-state index in [4.69, 9.17) is 21.1 Å². The Morgan fingerprint density at radius 2 is 1.37 bits per heavy atom. The average Bonchev–Trinajstić information content (AvgIpc) is 2.61. The molecule has 170 valence electrons. The minimum atomic E-state index is -1.46. The number of hydrogen-bond donors (Lipinski definition) is 7. The highest BCUT2D eigenvalue weighted by atomic mass is 16.4. The van der Waals surface area contributed by atoms with Crippen molar-refractivity contribution in [3.8, 4) is 0 Å². The van der Waals surface area contributed by atoms with E-state index in [9.17, 15) is 28.8 Å². The number of rotatable bonds is 13. The number of nitrogens with one attached hydrogen (secondary N) is 3. The Labute approximate surface area is 172 Å². The fourth-order valence-corrected chi connectivity index (χ4v) is 2.27. The van der Waals surface area contributed by atoms with Crippen LogP contribution in [0.3, 0.4) is 0 Å². The van der Waals surface area contributed by atoms with Crippen molar-refractivity contribution in [3.63, 3.8) is 0 Å². The number of amides is 3. The molecule has 0 aromatic rings. The van der Waals surface area contributed by atoms with Gasteiger partial charge in [0.1, 0.15) is 18.1 Å². The van der Waals surface area contributed by atoms with Crippen molar-refractivity contribution in [1.29, 1.82) is 0 Å². The summed E-state index contributed by atoms with van der Waals surface area (Å²) in [6.45, 7) is 4.47. The maximum absolute atomic E-state index is 12.4. The van der Waals surface area contributed by atoms with Gasteiger partial charge in [-0.2, -0.15) is 0 Å². The average molecular weight is 432 g/mol. The van der Waals surface area contributed by atoms with E-state index < -0.39 is 78.6 Å². The van der Waals surface area contributed by atoms with E-state index in [-0.39, 0.29) is 6.42 Å². The number of carboxylic acids is 3. The number of carbonyl (C=O) groups excluding carboxylic acids is 3. The van der Waals surface area contributed by atoms with Gasteiger partial charge in [0, 0.05) is 6.42 Å². The minimum absolute atomic E-state index is 0.344. The molecule has 0 spiro atoms. The van der Waals surface area contributed by atoms with Crippen molar-refractivity contribution in [2.45, 2.75) is 64.2 Å². The first-order valence-electron chi connectivity index (χ1n) is 9.09. The van der Waals surface area contributed by atoms with Crippen molar-refractivity contribution >= 4 is 35.6 Å². The first kappa shape index (κ1) is 26.8. The second-order valence-electron chi connectivity index (χ2n) is 7.00. The van der Waals surface area contributed by atoms with Gasteiger partial charge >= 0.3 is 17.9 Å². The first-order valence-corrected chi connectivity index (χ1v) is 9.09. The maximum atomic E-state index is 12.4. The summed E-state index contributed by atoms with van der Waals surface area (Å²) in [5.74, 6) is -6.90. The predicted molar refractivity (Wildman–Crippen MR) is 101 cm³/mol. The number of carbonyl (C=O) groups is 6. The van der Waals surface area contributed by atoms with E-state index in [1.54, 1.807) is 13.8 Å². The van der Waals surface area contributed by atoms with E-state index in [1.807, 2.05) is 0 Å². The summed E-state index contributed by atoms with van der Waals surface area (Å²) in [7, 11) is 0. The van der Waals surface area contributed by atoms with Crippen LogP contribution in [0.5, 0.6) is 0 Å². The fraction of sp³-hybridized carbons (Fsp3) is 0.647. The van der Waals surface area contributed by atoms with E-state index in [1.165, 1.54) is 6.92 Å². The highest BCUT2D eigenvalue weighted by molar-refractivity contribution is 5.94. The molecule has 4 atom stereocenters. The number of carboxylic acid groups (broad SMARTS) is 3. The first-order chi connectivity index (χ1) is 13.8. The Balaban J connectivity index is 5.03. The molecule has 0 heterocycles. The Bertz CT molecular complexity index is 680. The van der Waals surface area contributed by atoms with Gasteiger partial charge in [0.25, 0.3) is 0 Å².